The van der Waals surface area contributed by atoms with E-state index in [0.717, 1.165) is 48.7 Å². The quantitative estimate of drug-likeness (QED) is 0.855. The summed E-state index contributed by atoms with van der Waals surface area (Å²) in [6, 6.07) is 11.0. The molecule has 1 N–H and O–H groups in total. The van der Waals surface area contributed by atoms with E-state index in [4.69, 9.17) is 18.9 Å². The van der Waals surface area contributed by atoms with E-state index in [0.29, 0.717) is 17.5 Å². The van der Waals surface area contributed by atoms with Crippen LogP contribution < -0.4 is 24.3 Å². The maximum absolute atomic E-state index is 5.91. The fraction of sp³-hybridized carbons (Fsp3) is 0.455. The Balaban J connectivity index is 2.03. The van der Waals surface area contributed by atoms with Crippen molar-refractivity contribution in [1.29, 1.82) is 0 Å². The highest BCUT2D eigenvalue weighted by molar-refractivity contribution is 5.69. The van der Waals surface area contributed by atoms with E-state index in [9.17, 15) is 0 Å². The van der Waals surface area contributed by atoms with Crippen LogP contribution in [-0.2, 0) is 6.42 Å². The SMILES string of the molecule is COc1c2c(c(OC)c(OC)c1OC)C(c1ccccc1)N1CCNCC1C2. The van der Waals surface area contributed by atoms with Crippen molar-refractivity contribution in [3.8, 4) is 23.0 Å². The highest BCUT2D eigenvalue weighted by Crippen LogP contribution is 2.55. The van der Waals surface area contributed by atoms with Gasteiger partial charge in [-0.1, -0.05) is 30.3 Å². The van der Waals surface area contributed by atoms with E-state index >= 15 is 0 Å². The second kappa shape index (κ2) is 7.89. The fourth-order valence-corrected chi connectivity index (χ4v) is 4.71. The Morgan fingerprint density at radius 1 is 0.857 bits per heavy atom. The first-order valence-corrected chi connectivity index (χ1v) is 9.65. The third-order valence-electron chi connectivity index (χ3n) is 5.83. The summed E-state index contributed by atoms with van der Waals surface area (Å²) >= 11 is 0. The van der Waals surface area contributed by atoms with Gasteiger partial charge in [0.05, 0.1) is 34.5 Å². The second-order valence-electron chi connectivity index (χ2n) is 7.14. The molecule has 0 aromatic heterocycles. The van der Waals surface area contributed by atoms with Crippen LogP contribution in [0.5, 0.6) is 23.0 Å². The van der Waals surface area contributed by atoms with Crippen LogP contribution in [0, 0.1) is 0 Å². The van der Waals surface area contributed by atoms with Gasteiger partial charge in [-0.15, -0.1) is 0 Å². The normalized spacial score (nSPS) is 21.4. The number of methoxy groups -OCH3 is 4. The molecule has 2 aromatic rings. The largest absolute Gasteiger partial charge is 0.492 e. The lowest BCUT2D eigenvalue weighted by Crippen LogP contribution is -2.55. The summed E-state index contributed by atoms with van der Waals surface area (Å²) in [7, 11) is 6.65. The molecule has 1 fully saturated rings. The van der Waals surface area contributed by atoms with E-state index in [1.165, 1.54) is 5.56 Å². The van der Waals surface area contributed by atoms with Crippen molar-refractivity contribution in [2.45, 2.75) is 18.5 Å². The van der Waals surface area contributed by atoms with Crippen molar-refractivity contribution in [3.05, 3.63) is 47.0 Å². The van der Waals surface area contributed by atoms with Gasteiger partial charge in [-0.05, 0) is 12.0 Å². The minimum atomic E-state index is 0.0701. The first-order chi connectivity index (χ1) is 13.7. The Morgan fingerprint density at radius 2 is 1.50 bits per heavy atom. The Labute approximate surface area is 166 Å². The van der Waals surface area contributed by atoms with E-state index in [-0.39, 0.29) is 6.04 Å². The van der Waals surface area contributed by atoms with Crippen LogP contribution in [0.2, 0.25) is 0 Å². The molecular weight excluding hydrogens is 356 g/mol. The average Bonchev–Trinajstić information content (AvgIpc) is 2.76. The number of nitrogens with zero attached hydrogens (tertiary/aromatic N) is 1. The van der Waals surface area contributed by atoms with Crippen LogP contribution in [-0.4, -0.2) is 59.0 Å². The number of piperazine rings is 1. The lowest BCUT2D eigenvalue weighted by atomic mass is 9.82. The van der Waals surface area contributed by atoms with Crippen LogP contribution in [0.25, 0.3) is 0 Å². The number of ether oxygens (including phenoxy) is 4. The molecule has 6 heteroatoms. The van der Waals surface area contributed by atoms with Gasteiger partial charge in [0.25, 0.3) is 0 Å². The number of benzene rings is 2. The van der Waals surface area contributed by atoms with Gasteiger partial charge in [-0.2, -0.15) is 0 Å². The molecule has 4 rings (SSSR count). The molecule has 2 heterocycles. The Kier molecular flexibility index (Phi) is 5.33. The van der Waals surface area contributed by atoms with Crippen LogP contribution >= 0.6 is 0 Å². The maximum Gasteiger partial charge on any atom is 0.207 e. The lowest BCUT2D eigenvalue weighted by molar-refractivity contribution is 0.108. The maximum atomic E-state index is 5.91. The van der Waals surface area contributed by atoms with Crippen molar-refractivity contribution in [2.75, 3.05) is 48.1 Å². The molecule has 6 nitrogen and oxygen atoms in total. The molecule has 0 saturated carbocycles. The summed E-state index contributed by atoms with van der Waals surface area (Å²) in [6.45, 7) is 2.90. The predicted molar refractivity (Wildman–Crippen MR) is 108 cm³/mol. The number of rotatable bonds is 5. The molecule has 2 atom stereocenters. The van der Waals surface area contributed by atoms with E-state index in [1.54, 1.807) is 28.4 Å². The molecule has 0 aliphatic carbocycles. The first kappa shape index (κ1) is 18.9. The summed E-state index contributed by atoms with van der Waals surface area (Å²) in [4.78, 5) is 2.57. The molecule has 150 valence electrons. The third kappa shape index (κ3) is 2.88. The van der Waals surface area contributed by atoms with Gasteiger partial charge in [0.15, 0.2) is 11.5 Å². The smallest absolute Gasteiger partial charge is 0.207 e. The molecule has 28 heavy (non-hydrogen) atoms. The molecule has 2 aromatic carbocycles. The zero-order valence-electron chi connectivity index (χ0n) is 17.0. The standard InChI is InChI=1S/C22H28N2O4/c1-25-19-16-12-15-13-23-10-11-24(15)18(14-8-6-5-7-9-14)17(16)20(26-2)22(28-4)21(19)27-3/h5-9,15,18,23H,10-13H2,1-4H3. The van der Waals surface area contributed by atoms with Gasteiger partial charge < -0.3 is 24.3 Å². The van der Waals surface area contributed by atoms with Gasteiger partial charge in [0.2, 0.25) is 11.5 Å². The van der Waals surface area contributed by atoms with Crippen molar-refractivity contribution < 1.29 is 18.9 Å². The Hall–Kier alpha value is -2.44. The summed E-state index contributed by atoms with van der Waals surface area (Å²) in [5.74, 6) is 2.63. The molecule has 0 bridgehead atoms. The number of hydrogen-bond acceptors (Lipinski definition) is 6. The minimum Gasteiger partial charge on any atom is -0.492 e. The van der Waals surface area contributed by atoms with E-state index < -0.39 is 0 Å². The Morgan fingerprint density at radius 3 is 2.14 bits per heavy atom. The van der Waals surface area contributed by atoms with Gasteiger partial charge in [-0.3, -0.25) is 4.90 Å². The lowest BCUT2D eigenvalue weighted by Gasteiger charge is -2.47. The van der Waals surface area contributed by atoms with Crippen molar-refractivity contribution in [2.24, 2.45) is 0 Å². The van der Waals surface area contributed by atoms with Crippen LogP contribution in [0.4, 0.5) is 0 Å². The van der Waals surface area contributed by atoms with E-state index in [1.807, 2.05) is 0 Å². The highest BCUT2D eigenvalue weighted by atomic mass is 16.5. The minimum absolute atomic E-state index is 0.0701. The van der Waals surface area contributed by atoms with Crippen LogP contribution in [0.1, 0.15) is 22.7 Å². The summed E-state index contributed by atoms with van der Waals surface area (Å²) in [5, 5.41) is 3.53. The molecule has 2 aliphatic rings. The molecule has 2 unspecified atom stereocenters. The van der Waals surface area contributed by atoms with Crippen LogP contribution in [0.15, 0.2) is 30.3 Å². The summed E-state index contributed by atoms with van der Waals surface area (Å²) < 4.78 is 23.2. The third-order valence-corrected chi connectivity index (χ3v) is 5.83. The molecule has 2 aliphatic heterocycles. The number of hydrogen-bond donors (Lipinski definition) is 1. The molecule has 0 amide bonds. The topological polar surface area (TPSA) is 52.2 Å². The average molecular weight is 384 g/mol. The predicted octanol–water partition coefficient (Wildman–Crippen LogP) is 2.64. The van der Waals surface area contributed by atoms with Crippen molar-refractivity contribution in [1.82, 2.24) is 10.2 Å². The fourth-order valence-electron chi connectivity index (χ4n) is 4.71. The Bertz CT molecular complexity index is 840. The van der Waals surface area contributed by atoms with Gasteiger partial charge in [0, 0.05) is 36.8 Å². The van der Waals surface area contributed by atoms with Crippen LogP contribution in [0.3, 0.4) is 0 Å². The number of nitrogens with one attached hydrogen (secondary N) is 1. The summed E-state index contributed by atoms with van der Waals surface area (Å²) in [5.41, 5.74) is 3.49. The number of fused-ring (bicyclic) bond motifs is 2. The summed E-state index contributed by atoms with van der Waals surface area (Å²) in [6.07, 6.45) is 0.867. The first-order valence-electron chi connectivity index (χ1n) is 9.65. The molecule has 0 spiro atoms. The van der Waals surface area contributed by atoms with Gasteiger partial charge in [-0.25, -0.2) is 0 Å². The molecular formula is C22H28N2O4. The second-order valence-corrected chi connectivity index (χ2v) is 7.14. The molecule has 1 saturated heterocycles. The zero-order chi connectivity index (χ0) is 19.7. The molecule has 0 radical (unpaired) electrons. The van der Waals surface area contributed by atoms with E-state index in [2.05, 4.69) is 40.5 Å². The van der Waals surface area contributed by atoms with Gasteiger partial charge in [0.1, 0.15) is 0 Å². The zero-order valence-corrected chi connectivity index (χ0v) is 17.0. The van der Waals surface area contributed by atoms with Gasteiger partial charge >= 0.3 is 0 Å². The van der Waals surface area contributed by atoms with Crippen molar-refractivity contribution >= 4 is 0 Å². The van der Waals surface area contributed by atoms with Crippen molar-refractivity contribution in [3.63, 3.8) is 0 Å². The monoisotopic (exact) mass is 384 g/mol. The highest BCUT2D eigenvalue weighted by Gasteiger charge is 2.42.